The van der Waals surface area contributed by atoms with Crippen LogP contribution in [0.4, 0.5) is 0 Å². The van der Waals surface area contributed by atoms with E-state index < -0.39 is 0 Å². The summed E-state index contributed by atoms with van der Waals surface area (Å²) in [4.78, 5) is 32.8. The average molecular weight is 439 g/mol. The van der Waals surface area contributed by atoms with Gasteiger partial charge in [0.2, 0.25) is 0 Å². The highest BCUT2D eigenvalue weighted by Crippen LogP contribution is 2.42. The first kappa shape index (κ1) is 22.6. The van der Waals surface area contributed by atoms with Crippen LogP contribution in [0, 0.1) is 0 Å². The molecule has 1 aromatic rings. The number of oxime groups is 1. The predicted octanol–water partition coefficient (Wildman–Crippen LogP) is 4.78. The van der Waals surface area contributed by atoms with Crippen LogP contribution in [0.1, 0.15) is 85.2 Å². The van der Waals surface area contributed by atoms with E-state index in [0.29, 0.717) is 24.5 Å². The van der Waals surface area contributed by atoms with Gasteiger partial charge in [-0.15, -0.1) is 0 Å². The SMILES string of the molecule is O=C1OC/C=C/CCCC/C(=N/OCC(=O)N2CCCCC2)Cc2cccc(C3CC3)c21. The number of cyclic esters (lactones) is 1. The first-order valence-electron chi connectivity index (χ1n) is 12.1. The summed E-state index contributed by atoms with van der Waals surface area (Å²) in [6.45, 7) is 1.90. The number of ether oxygens (including phenoxy) is 1. The van der Waals surface area contributed by atoms with Gasteiger partial charge in [-0.25, -0.2) is 4.79 Å². The molecular weight excluding hydrogens is 404 g/mol. The highest BCUT2D eigenvalue weighted by atomic mass is 16.6. The smallest absolute Gasteiger partial charge is 0.339 e. The Kier molecular flexibility index (Phi) is 7.97. The van der Waals surface area contributed by atoms with Gasteiger partial charge in [-0.3, -0.25) is 4.79 Å². The molecule has 2 fully saturated rings. The number of esters is 1. The number of fused-ring (bicyclic) bond motifs is 1. The lowest BCUT2D eigenvalue weighted by Crippen LogP contribution is -2.37. The summed E-state index contributed by atoms with van der Waals surface area (Å²) >= 11 is 0. The van der Waals surface area contributed by atoms with Crippen molar-refractivity contribution in [1.82, 2.24) is 4.90 Å². The second-order valence-electron chi connectivity index (χ2n) is 9.02. The van der Waals surface area contributed by atoms with Crippen LogP contribution in [0.25, 0.3) is 0 Å². The van der Waals surface area contributed by atoms with Crippen LogP contribution < -0.4 is 0 Å². The Hall–Kier alpha value is -2.63. The Labute approximate surface area is 190 Å². The van der Waals surface area contributed by atoms with Crippen molar-refractivity contribution in [3.8, 4) is 0 Å². The van der Waals surface area contributed by atoms with Crippen LogP contribution in [0.15, 0.2) is 35.5 Å². The number of rotatable bonds is 4. The quantitative estimate of drug-likeness (QED) is 0.385. The average Bonchev–Trinajstić information content (AvgIpc) is 3.65. The third-order valence-corrected chi connectivity index (χ3v) is 6.45. The van der Waals surface area contributed by atoms with E-state index in [1.807, 2.05) is 23.1 Å². The van der Waals surface area contributed by atoms with Crippen molar-refractivity contribution in [3.05, 3.63) is 47.0 Å². The van der Waals surface area contributed by atoms with Gasteiger partial charge in [0.1, 0.15) is 6.61 Å². The monoisotopic (exact) mass is 438 g/mol. The molecule has 6 heteroatoms. The maximum Gasteiger partial charge on any atom is 0.339 e. The van der Waals surface area contributed by atoms with Crippen molar-refractivity contribution in [1.29, 1.82) is 0 Å². The molecule has 2 aliphatic heterocycles. The fourth-order valence-corrected chi connectivity index (χ4v) is 4.52. The number of hydrogen-bond acceptors (Lipinski definition) is 5. The molecule has 1 saturated carbocycles. The van der Waals surface area contributed by atoms with Gasteiger partial charge in [-0.2, -0.15) is 0 Å². The van der Waals surface area contributed by atoms with Gasteiger partial charge in [0.25, 0.3) is 5.91 Å². The molecule has 0 atom stereocenters. The second-order valence-corrected chi connectivity index (χ2v) is 9.02. The Morgan fingerprint density at radius 3 is 2.75 bits per heavy atom. The van der Waals surface area contributed by atoms with Crippen LogP contribution >= 0.6 is 0 Å². The number of piperidine rings is 1. The van der Waals surface area contributed by atoms with Gasteiger partial charge in [0, 0.05) is 19.5 Å². The van der Waals surface area contributed by atoms with Gasteiger partial charge < -0.3 is 14.5 Å². The standard InChI is InChI=1S/C26H34N2O4/c29-24(28-15-6-4-7-16-28)19-32-27-22-11-5-2-1-3-8-17-31-26(30)25-21(18-22)10-9-12-23(25)20-13-14-20/h3,8-10,12,20H,1-2,4-7,11,13-19H2/b8-3+,27-22-. The van der Waals surface area contributed by atoms with E-state index in [9.17, 15) is 9.59 Å². The van der Waals surface area contributed by atoms with Gasteiger partial charge in [0.15, 0.2) is 6.61 Å². The lowest BCUT2D eigenvalue weighted by Gasteiger charge is -2.26. The molecule has 0 spiro atoms. The van der Waals surface area contributed by atoms with E-state index >= 15 is 0 Å². The Balaban J connectivity index is 1.51. The van der Waals surface area contributed by atoms with Crippen LogP contribution in [-0.2, 0) is 20.8 Å². The van der Waals surface area contributed by atoms with Crippen molar-refractivity contribution in [2.45, 2.75) is 70.1 Å². The molecule has 1 saturated heterocycles. The number of likely N-dealkylation sites (tertiary alicyclic amines) is 1. The Morgan fingerprint density at radius 1 is 1.09 bits per heavy atom. The summed E-state index contributed by atoms with van der Waals surface area (Å²) in [5, 5.41) is 4.38. The van der Waals surface area contributed by atoms with Crippen LogP contribution in [0.2, 0.25) is 0 Å². The largest absolute Gasteiger partial charge is 0.458 e. The normalized spacial score (nSPS) is 22.7. The summed E-state index contributed by atoms with van der Waals surface area (Å²) in [5.41, 5.74) is 3.60. The second kappa shape index (κ2) is 11.3. The van der Waals surface area contributed by atoms with Crippen molar-refractivity contribution >= 4 is 17.6 Å². The minimum absolute atomic E-state index is 0.00354. The van der Waals surface area contributed by atoms with Crippen molar-refractivity contribution in [2.75, 3.05) is 26.3 Å². The van der Waals surface area contributed by atoms with Crippen molar-refractivity contribution < 1.29 is 19.2 Å². The lowest BCUT2D eigenvalue weighted by molar-refractivity contribution is -0.137. The lowest BCUT2D eigenvalue weighted by atomic mass is 9.93. The molecule has 6 nitrogen and oxygen atoms in total. The fraction of sp³-hybridized carbons (Fsp3) is 0.577. The predicted molar refractivity (Wildman–Crippen MR) is 124 cm³/mol. The minimum atomic E-state index is -0.257. The van der Waals surface area contributed by atoms with E-state index in [0.717, 1.165) is 81.3 Å². The summed E-state index contributed by atoms with van der Waals surface area (Å²) < 4.78 is 5.57. The van der Waals surface area contributed by atoms with Gasteiger partial charge in [-0.05, 0) is 74.8 Å². The number of hydrogen-bond donors (Lipinski definition) is 0. The number of nitrogens with zero attached hydrogens (tertiary/aromatic N) is 2. The Bertz CT molecular complexity index is 867. The summed E-state index contributed by atoms with van der Waals surface area (Å²) in [6.07, 6.45) is 13.8. The van der Waals surface area contributed by atoms with Crippen LogP contribution in [-0.4, -0.2) is 48.8 Å². The molecule has 0 aromatic heterocycles. The fourth-order valence-electron chi connectivity index (χ4n) is 4.52. The number of carbonyl (C=O) groups is 2. The van der Waals surface area contributed by atoms with E-state index in [4.69, 9.17) is 9.57 Å². The molecule has 32 heavy (non-hydrogen) atoms. The zero-order valence-corrected chi connectivity index (χ0v) is 18.9. The maximum absolute atomic E-state index is 13.0. The molecule has 2 heterocycles. The molecule has 0 bridgehead atoms. The third-order valence-electron chi connectivity index (χ3n) is 6.45. The zero-order chi connectivity index (χ0) is 22.2. The number of allylic oxidation sites excluding steroid dienone is 1. The van der Waals surface area contributed by atoms with Crippen LogP contribution in [0.3, 0.4) is 0 Å². The topological polar surface area (TPSA) is 68.2 Å². The maximum atomic E-state index is 13.0. The molecule has 1 aliphatic carbocycles. The Morgan fingerprint density at radius 2 is 1.94 bits per heavy atom. The van der Waals surface area contributed by atoms with Gasteiger partial charge in [-0.1, -0.05) is 35.5 Å². The highest BCUT2D eigenvalue weighted by Gasteiger charge is 2.30. The van der Waals surface area contributed by atoms with Crippen molar-refractivity contribution in [3.63, 3.8) is 0 Å². The van der Waals surface area contributed by atoms with Gasteiger partial charge in [0.05, 0.1) is 11.3 Å². The number of carbonyl (C=O) groups excluding carboxylic acids is 2. The molecule has 1 aromatic carbocycles. The molecule has 4 rings (SSSR count). The zero-order valence-electron chi connectivity index (χ0n) is 18.9. The van der Waals surface area contributed by atoms with Crippen LogP contribution in [0.5, 0.6) is 0 Å². The molecule has 0 radical (unpaired) electrons. The summed E-state index contributed by atoms with van der Waals surface area (Å²) in [7, 11) is 0. The first-order valence-corrected chi connectivity index (χ1v) is 12.1. The molecular formula is C26H34N2O4. The molecule has 3 aliphatic rings. The number of benzene rings is 1. The summed E-state index contributed by atoms with van der Waals surface area (Å²) in [6, 6.07) is 6.07. The highest BCUT2D eigenvalue weighted by molar-refractivity contribution is 5.96. The van der Waals surface area contributed by atoms with E-state index in [1.165, 1.54) is 6.42 Å². The minimum Gasteiger partial charge on any atom is -0.458 e. The van der Waals surface area contributed by atoms with E-state index in [1.54, 1.807) is 0 Å². The molecule has 0 unspecified atom stereocenters. The van der Waals surface area contributed by atoms with E-state index in [2.05, 4.69) is 17.3 Å². The number of amides is 1. The molecule has 1 amide bonds. The summed E-state index contributed by atoms with van der Waals surface area (Å²) in [5.74, 6) is 0.193. The third kappa shape index (κ3) is 6.21. The molecule has 0 N–H and O–H groups in total. The first-order chi connectivity index (χ1) is 15.7. The van der Waals surface area contributed by atoms with Gasteiger partial charge >= 0.3 is 5.97 Å². The molecule has 172 valence electrons. The van der Waals surface area contributed by atoms with Crippen molar-refractivity contribution in [2.24, 2.45) is 5.16 Å². The van der Waals surface area contributed by atoms with E-state index in [-0.39, 0.29) is 18.5 Å².